The van der Waals surface area contributed by atoms with E-state index in [9.17, 15) is 0 Å². The van der Waals surface area contributed by atoms with Crippen molar-refractivity contribution in [3.63, 3.8) is 0 Å². The van der Waals surface area contributed by atoms with Gasteiger partial charge in [0.15, 0.2) is 0 Å². The normalized spacial score (nSPS) is 15.8. The first-order valence-electron chi connectivity index (χ1n) is 9.64. The van der Waals surface area contributed by atoms with Crippen LogP contribution in [0.1, 0.15) is 76.6 Å². The Morgan fingerprint density at radius 1 is 0.640 bits per heavy atom. The van der Waals surface area contributed by atoms with Crippen LogP contribution in [0.4, 0.5) is 0 Å². The summed E-state index contributed by atoms with van der Waals surface area (Å²) in [5.41, 5.74) is 9.42. The highest BCUT2D eigenvalue weighted by molar-refractivity contribution is 5.81. The van der Waals surface area contributed by atoms with E-state index in [0.717, 1.165) is 0 Å². The first kappa shape index (κ1) is 18.2. The predicted octanol–water partition coefficient (Wildman–Crippen LogP) is 7.44. The molecule has 0 amide bonds. The van der Waals surface area contributed by atoms with Crippen LogP contribution in [0.2, 0.25) is 0 Å². The minimum atomic E-state index is 0.110. The zero-order valence-electron chi connectivity index (χ0n) is 17.4. The number of hydrogen-bond donors (Lipinski definition) is 0. The fourth-order valence-electron chi connectivity index (χ4n) is 4.98. The standard InChI is InChI=1S/C25H34/c1-17-9-11-19-20-12-10-18(2)14-22(20)25(21(19)13-17,15-23(3,4)5)16-24(6,7)8/h9-14H,15-16H2,1-8H3. The number of benzene rings is 2. The van der Waals surface area contributed by atoms with E-state index >= 15 is 0 Å². The molecule has 2 aromatic carbocycles. The highest BCUT2D eigenvalue weighted by Crippen LogP contribution is 2.58. The summed E-state index contributed by atoms with van der Waals surface area (Å²) in [4.78, 5) is 0. The van der Waals surface area contributed by atoms with E-state index in [1.807, 2.05) is 0 Å². The lowest BCUT2D eigenvalue weighted by atomic mass is 9.61. The largest absolute Gasteiger partial charge is 0.0601 e. The topological polar surface area (TPSA) is 0 Å². The Hall–Kier alpha value is -1.56. The maximum atomic E-state index is 2.46. The molecule has 0 atom stereocenters. The zero-order chi connectivity index (χ0) is 18.6. The first-order chi connectivity index (χ1) is 11.4. The molecular formula is C25H34. The second-order valence-electron chi connectivity index (χ2n) is 10.7. The van der Waals surface area contributed by atoms with Crippen molar-refractivity contribution in [3.05, 3.63) is 58.7 Å². The summed E-state index contributed by atoms with van der Waals surface area (Å²) < 4.78 is 0. The molecule has 0 heteroatoms. The Kier molecular flexibility index (Phi) is 4.18. The number of hydrogen-bond acceptors (Lipinski definition) is 0. The Morgan fingerprint density at radius 3 is 1.32 bits per heavy atom. The maximum Gasteiger partial charge on any atom is 0.0225 e. The Balaban J connectivity index is 2.36. The lowest BCUT2D eigenvalue weighted by molar-refractivity contribution is 0.214. The molecule has 0 saturated carbocycles. The van der Waals surface area contributed by atoms with Gasteiger partial charge in [0.2, 0.25) is 0 Å². The molecule has 3 rings (SSSR count). The van der Waals surface area contributed by atoms with Crippen molar-refractivity contribution < 1.29 is 0 Å². The van der Waals surface area contributed by atoms with Crippen LogP contribution in [-0.2, 0) is 5.41 Å². The van der Waals surface area contributed by atoms with Gasteiger partial charge in [-0.25, -0.2) is 0 Å². The molecular weight excluding hydrogens is 300 g/mol. The van der Waals surface area contributed by atoms with Crippen molar-refractivity contribution in [3.8, 4) is 11.1 Å². The Morgan fingerprint density at radius 2 is 1.00 bits per heavy atom. The molecule has 0 spiro atoms. The fourth-order valence-corrected chi connectivity index (χ4v) is 4.98. The smallest absolute Gasteiger partial charge is 0.0225 e. The van der Waals surface area contributed by atoms with Gasteiger partial charge in [-0.1, -0.05) is 89.1 Å². The molecule has 2 aromatic rings. The third kappa shape index (κ3) is 3.41. The monoisotopic (exact) mass is 334 g/mol. The van der Waals surface area contributed by atoms with Gasteiger partial charge in [0.1, 0.15) is 0 Å². The molecule has 134 valence electrons. The number of rotatable bonds is 2. The van der Waals surface area contributed by atoms with Crippen LogP contribution in [0.5, 0.6) is 0 Å². The van der Waals surface area contributed by atoms with Gasteiger partial charge in [0.05, 0.1) is 0 Å². The van der Waals surface area contributed by atoms with Gasteiger partial charge in [0.25, 0.3) is 0 Å². The molecule has 0 fully saturated rings. The van der Waals surface area contributed by atoms with Crippen molar-refractivity contribution in [2.75, 3.05) is 0 Å². The van der Waals surface area contributed by atoms with Crippen LogP contribution in [-0.4, -0.2) is 0 Å². The van der Waals surface area contributed by atoms with Gasteiger partial charge in [-0.3, -0.25) is 0 Å². The molecule has 0 N–H and O–H groups in total. The van der Waals surface area contributed by atoms with Crippen LogP contribution >= 0.6 is 0 Å². The van der Waals surface area contributed by atoms with Crippen LogP contribution in [0.15, 0.2) is 36.4 Å². The summed E-state index contributed by atoms with van der Waals surface area (Å²) in [5.74, 6) is 0. The summed E-state index contributed by atoms with van der Waals surface area (Å²) in [6, 6.07) is 14.2. The Bertz CT molecular complexity index is 724. The summed E-state index contributed by atoms with van der Waals surface area (Å²) in [6.07, 6.45) is 2.37. The summed E-state index contributed by atoms with van der Waals surface area (Å²) in [6.45, 7) is 18.8. The molecule has 0 heterocycles. The van der Waals surface area contributed by atoms with E-state index in [0.29, 0.717) is 0 Å². The molecule has 0 bridgehead atoms. The van der Waals surface area contributed by atoms with E-state index in [1.165, 1.54) is 35.1 Å². The van der Waals surface area contributed by atoms with Crippen molar-refractivity contribution in [1.82, 2.24) is 0 Å². The summed E-state index contributed by atoms with van der Waals surface area (Å²) >= 11 is 0. The molecule has 0 aliphatic heterocycles. The highest BCUT2D eigenvalue weighted by atomic mass is 14.5. The van der Waals surface area contributed by atoms with E-state index in [2.05, 4.69) is 91.8 Å². The van der Waals surface area contributed by atoms with Crippen molar-refractivity contribution >= 4 is 0 Å². The van der Waals surface area contributed by atoms with Gasteiger partial charge < -0.3 is 0 Å². The lowest BCUT2D eigenvalue weighted by Gasteiger charge is -2.42. The minimum Gasteiger partial charge on any atom is -0.0601 e. The van der Waals surface area contributed by atoms with E-state index in [4.69, 9.17) is 0 Å². The van der Waals surface area contributed by atoms with Crippen molar-refractivity contribution in [1.29, 1.82) is 0 Å². The van der Waals surface area contributed by atoms with Crippen LogP contribution < -0.4 is 0 Å². The van der Waals surface area contributed by atoms with E-state index in [1.54, 1.807) is 11.1 Å². The lowest BCUT2D eigenvalue weighted by Crippen LogP contribution is -2.35. The highest BCUT2D eigenvalue weighted by Gasteiger charge is 2.47. The molecule has 1 aliphatic rings. The van der Waals surface area contributed by atoms with Gasteiger partial charge in [-0.2, -0.15) is 0 Å². The van der Waals surface area contributed by atoms with E-state index < -0.39 is 0 Å². The second-order valence-corrected chi connectivity index (χ2v) is 10.7. The van der Waals surface area contributed by atoms with Gasteiger partial charge in [-0.15, -0.1) is 0 Å². The summed E-state index contributed by atoms with van der Waals surface area (Å²) in [7, 11) is 0. The van der Waals surface area contributed by atoms with Crippen LogP contribution in [0.25, 0.3) is 11.1 Å². The molecule has 0 nitrogen and oxygen atoms in total. The van der Waals surface area contributed by atoms with Crippen LogP contribution in [0, 0.1) is 24.7 Å². The minimum absolute atomic E-state index is 0.110. The number of fused-ring (bicyclic) bond motifs is 3. The van der Waals surface area contributed by atoms with E-state index in [-0.39, 0.29) is 16.2 Å². The van der Waals surface area contributed by atoms with Crippen LogP contribution in [0.3, 0.4) is 0 Å². The third-order valence-corrected chi connectivity index (χ3v) is 5.34. The van der Waals surface area contributed by atoms with Gasteiger partial charge in [0, 0.05) is 5.41 Å². The third-order valence-electron chi connectivity index (χ3n) is 5.34. The SMILES string of the molecule is Cc1ccc2c(c1)C(CC(C)(C)C)(CC(C)(C)C)c1cc(C)ccc1-2. The van der Waals surface area contributed by atoms with Crippen molar-refractivity contribution in [2.45, 2.75) is 73.6 Å². The molecule has 25 heavy (non-hydrogen) atoms. The molecule has 1 aliphatic carbocycles. The predicted molar refractivity (Wildman–Crippen MR) is 110 cm³/mol. The quantitative estimate of drug-likeness (QED) is 0.535. The second kappa shape index (κ2) is 5.73. The van der Waals surface area contributed by atoms with Gasteiger partial charge in [-0.05, 0) is 59.8 Å². The average molecular weight is 335 g/mol. The molecule has 0 radical (unpaired) electrons. The first-order valence-corrected chi connectivity index (χ1v) is 9.64. The molecule has 0 saturated heterocycles. The summed E-state index contributed by atoms with van der Waals surface area (Å²) in [5, 5.41) is 0. The zero-order valence-corrected chi connectivity index (χ0v) is 17.4. The van der Waals surface area contributed by atoms with Crippen molar-refractivity contribution in [2.24, 2.45) is 10.8 Å². The number of aryl methyl sites for hydroxylation is 2. The maximum absolute atomic E-state index is 2.46. The van der Waals surface area contributed by atoms with Gasteiger partial charge >= 0.3 is 0 Å². The average Bonchev–Trinajstić information content (AvgIpc) is 2.65. The molecule has 0 aromatic heterocycles. The Labute approximate surface area is 154 Å². The fraction of sp³-hybridized carbons (Fsp3) is 0.520. The molecule has 0 unspecified atom stereocenters.